The quantitative estimate of drug-likeness (QED) is 0.466. The highest BCUT2D eigenvalue weighted by Crippen LogP contribution is 2.60. The molecule has 30 heavy (non-hydrogen) atoms. The van der Waals surface area contributed by atoms with Gasteiger partial charge in [-0.3, -0.25) is 0 Å². The number of fused-ring (bicyclic) bond motifs is 1. The second-order valence-corrected chi connectivity index (χ2v) is 11.3. The molecule has 168 valence electrons. The molecule has 3 aliphatic carbocycles. The van der Waals surface area contributed by atoms with Crippen molar-refractivity contribution in [1.29, 1.82) is 0 Å². The monoisotopic (exact) mass is 412 g/mol. The van der Waals surface area contributed by atoms with Crippen LogP contribution in [0.2, 0.25) is 0 Å². The lowest BCUT2D eigenvalue weighted by atomic mass is 9.60. The topological polar surface area (TPSA) is 40.5 Å². The zero-order valence-electron chi connectivity index (χ0n) is 19.8. The Hall–Kier alpha value is -1.12. The van der Waals surface area contributed by atoms with Crippen molar-refractivity contribution in [2.45, 2.75) is 104 Å². The molecule has 3 aliphatic rings. The molecule has 5 atom stereocenters. The van der Waals surface area contributed by atoms with Crippen molar-refractivity contribution in [3.8, 4) is 0 Å². The molecule has 0 heterocycles. The summed E-state index contributed by atoms with van der Waals surface area (Å²) < 4.78 is 0. The van der Waals surface area contributed by atoms with Gasteiger partial charge in [0.05, 0.1) is 11.7 Å². The van der Waals surface area contributed by atoms with Gasteiger partial charge in [0.2, 0.25) is 0 Å². The van der Waals surface area contributed by atoms with E-state index >= 15 is 0 Å². The fourth-order valence-corrected chi connectivity index (χ4v) is 6.68. The first-order chi connectivity index (χ1) is 14.0. The van der Waals surface area contributed by atoms with Crippen LogP contribution in [0.15, 0.2) is 47.6 Å². The second-order valence-electron chi connectivity index (χ2n) is 11.3. The smallest absolute Gasteiger partial charge is 0.0995 e. The summed E-state index contributed by atoms with van der Waals surface area (Å²) in [5.41, 5.74) is 4.42. The zero-order chi connectivity index (χ0) is 22.1. The number of hydrogen-bond donors (Lipinski definition) is 2. The Kier molecular flexibility index (Phi) is 7.19. The van der Waals surface area contributed by atoms with E-state index in [9.17, 15) is 10.2 Å². The summed E-state index contributed by atoms with van der Waals surface area (Å²) in [5, 5.41) is 20.3. The Labute approximate surface area is 184 Å². The molecule has 2 nitrogen and oxygen atoms in total. The highest BCUT2D eigenvalue weighted by atomic mass is 16.3. The Bertz CT molecular complexity index is 719. The molecule has 0 aliphatic heterocycles. The summed E-state index contributed by atoms with van der Waals surface area (Å²) in [7, 11) is 0. The van der Waals surface area contributed by atoms with Gasteiger partial charge in [-0.1, -0.05) is 57.6 Å². The Balaban J connectivity index is 1.70. The van der Waals surface area contributed by atoms with Gasteiger partial charge in [0, 0.05) is 0 Å². The molecular formula is C28H44O2. The maximum absolute atomic E-state index is 10.3. The van der Waals surface area contributed by atoms with Crippen molar-refractivity contribution in [3.63, 3.8) is 0 Å². The highest BCUT2D eigenvalue weighted by Gasteiger charge is 2.50. The third-order valence-electron chi connectivity index (χ3n) is 8.52. The summed E-state index contributed by atoms with van der Waals surface area (Å²) in [6.07, 6.45) is 15.6. The maximum atomic E-state index is 10.3. The van der Waals surface area contributed by atoms with Crippen molar-refractivity contribution in [2.75, 3.05) is 0 Å². The number of allylic oxidation sites excluding steroid dienone is 3. The van der Waals surface area contributed by atoms with E-state index in [1.807, 2.05) is 13.8 Å². The lowest BCUT2D eigenvalue weighted by Crippen LogP contribution is -2.36. The number of aliphatic hydroxyl groups excluding tert-OH is 1. The van der Waals surface area contributed by atoms with E-state index in [0.717, 1.165) is 48.7 Å². The molecule has 0 unspecified atom stereocenters. The molecule has 0 aromatic heterocycles. The minimum atomic E-state index is -0.569. The average molecular weight is 413 g/mol. The molecule has 0 aromatic carbocycles. The Morgan fingerprint density at radius 1 is 1.17 bits per heavy atom. The van der Waals surface area contributed by atoms with Crippen molar-refractivity contribution in [3.05, 3.63) is 47.6 Å². The van der Waals surface area contributed by atoms with Crippen molar-refractivity contribution >= 4 is 0 Å². The first-order valence-corrected chi connectivity index (χ1v) is 12.2. The summed E-state index contributed by atoms with van der Waals surface area (Å²) in [6, 6.07) is 0. The van der Waals surface area contributed by atoms with E-state index < -0.39 is 11.7 Å². The van der Waals surface area contributed by atoms with Gasteiger partial charge in [0.1, 0.15) is 0 Å². The standard InChI is InChI=1S/C28H44O2/c1-19(9-7-17-27(4,5)30)24-15-16-25-23(10-8-18-28(24,25)6)14-13-22-12-11-20(2)26(29)21(22)3/h13-14,19,24-26,29-30H,2-3,7-12,15-18H2,1,4-6H3/b22-13-,23-14+/t19-,24-,25+,26+,28-/m1/s1. The van der Waals surface area contributed by atoms with Gasteiger partial charge in [-0.05, 0) is 105 Å². The molecular weight excluding hydrogens is 368 g/mol. The van der Waals surface area contributed by atoms with E-state index in [1.165, 1.54) is 44.1 Å². The SMILES string of the molecule is C=C1CC/C(=C/C=C2\CCC[C@]3(C)[C@@H]([C@H](C)CCCC(C)(C)O)CC[C@@H]23)C(=C)[C@H]1O. The van der Waals surface area contributed by atoms with E-state index in [4.69, 9.17) is 0 Å². The van der Waals surface area contributed by atoms with E-state index in [-0.39, 0.29) is 0 Å². The van der Waals surface area contributed by atoms with Gasteiger partial charge < -0.3 is 10.2 Å². The molecule has 3 saturated carbocycles. The van der Waals surface area contributed by atoms with Crippen LogP contribution in [0.25, 0.3) is 0 Å². The fraction of sp³-hybridized carbons (Fsp3) is 0.714. The minimum absolute atomic E-state index is 0.411. The van der Waals surface area contributed by atoms with Gasteiger partial charge >= 0.3 is 0 Å². The minimum Gasteiger partial charge on any atom is -0.390 e. The van der Waals surface area contributed by atoms with Crippen molar-refractivity contribution < 1.29 is 10.2 Å². The van der Waals surface area contributed by atoms with Gasteiger partial charge in [-0.25, -0.2) is 0 Å². The van der Waals surface area contributed by atoms with Crippen LogP contribution in [0.5, 0.6) is 0 Å². The Morgan fingerprint density at radius 2 is 1.90 bits per heavy atom. The first kappa shape index (κ1) is 23.5. The average Bonchev–Trinajstić information content (AvgIpc) is 3.02. The summed E-state index contributed by atoms with van der Waals surface area (Å²) in [5.74, 6) is 2.20. The first-order valence-electron chi connectivity index (χ1n) is 12.2. The van der Waals surface area contributed by atoms with Gasteiger partial charge in [0.15, 0.2) is 0 Å². The van der Waals surface area contributed by atoms with Crippen LogP contribution in [0.3, 0.4) is 0 Å². The lowest BCUT2D eigenvalue weighted by Gasteiger charge is -2.44. The molecule has 0 radical (unpaired) electrons. The molecule has 0 bridgehead atoms. The predicted octanol–water partition coefficient (Wildman–Crippen LogP) is 6.90. The molecule has 0 spiro atoms. The second kappa shape index (κ2) is 9.17. The summed E-state index contributed by atoms with van der Waals surface area (Å²) >= 11 is 0. The van der Waals surface area contributed by atoms with Gasteiger partial charge in [0.25, 0.3) is 0 Å². The van der Waals surface area contributed by atoms with Crippen LogP contribution < -0.4 is 0 Å². The number of hydrogen-bond acceptors (Lipinski definition) is 2. The molecule has 0 aromatic rings. The van der Waals surface area contributed by atoms with Crippen LogP contribution >= 0.6 is 0 Å². The fourth-order valence-electron chi connectivity index (χ4n) is 6.68. The van der Waals surface area contributed by atoms with E-state index in [2.05, 4.69) is 39.2 Å². The van der Waals surface area contributed by atoms with Crippen LogP contribution in [0, 0.1) is 23.2 Å². The van der Waals surface area contributed by atoms with Crippen molar-refractivity contribution in [2.24, 2.45) is 23.2 Å². The largest absolute Gasteiger partial charge is 0.390 e. The van der Waals surface area contributed by atoms with Crippen LogP contribution in [0.4, 0.5) is 0 Å². The van der Waals surface area contributed by atoms with E-state index in [0.29, 0.717) is 11.3 Å². The van der Waals surface area contributed by atoms with Gasteiger partial charge in [-0.15, -0.1) is 0 Å². The molecule has 3 fully saturated rings. The zero-order valence-corrected chi connectivity index (χ0v) is 19.8. The van der Waals surface area contributed by atoms with Gasteiger partial charge in [-0.2, -0.15) is 0 Å². The summed E-state index contributed by atoms with van der Waals surface area (Å²) in [4.78, 5) is 0. The van der Waals surface area contributed by atoms with Crippen LogP contribution in [-0.2, 0) is 0 Å². The summed E-state index contributed by atoms with van der Waals surface area (Å²) in [6.45, 7) is 16.9. The molecule has 2 heteroatoms. The lowest BCUT2D eigenvalue weighted by molar-refractivity contribution is 0.0597. The van der Waals surface area contributed by atoms with Crippen molar-refractivity contribution in [1.82, 2.24) is 0 Å². The molecule has 0 amide bonds. The van der Waals surface area contributed by atoms with Crippen LogP contribution in [0.1, 0.15) is 91.9 Å². The maximum Gasteiger partial charge on any atom is 0.0995 e. The molecule has 0 saturated heterocycles. The normalized spacial score (nSPS) is 36.4. The molecule has 3 rings (SSSR count). The number of aliphatic hydroxyl groups is 2. The predicted molar refractivity (Wildman–Crippen MR) is 127 cm³/mol. The Morgan fingerprint density at radius 3 is 2.60 bits per heavy atom. The third kappa shape index (κ3) is 5.02. The number of rotatable bonds is 6. The third-order valence-corrected chi connectivity index (χ3v) is 8.52. The van der Waals surface area contributed by atoms with Crippen LogP contribution in [-0.4, -0.2) is 21.9 Å². The highest BCUT2D eigenvalue weighted by molar-refractivity contribution is 5.43. The molecule has 2 N–H and O–H groups in total. The van der Waals surface area contributed by atoms with E-state index in [1.54, 1.807) is 5.57 Å².